The van der Waals surface area contributed by atoms with E-state index in [2.05, 4.69) is 4.72 Å². The molecule has 2 aromatic rings. The lowest BCUT2D eigenvalue weighted by molar-refractivity contribution is 0.0702. The van der Waals surface area contributed by atoms with Crippen LogP contribution < -0.4 is 9.46 Å². The third-order valence-corrected chi connectivity index (χ3v) is 5.29. The molecule has 1 aliphatic heterocycles. The summed E-state index contributed by atoms with van der Waals surface area (Å²) >= 11 is 0. The molecule has 0 bridgehead atoms. The van der Waals surface area contributed by atoms with Crippen LogP contribution in [0.25, 0.3) is 0 Å². The molecule has 0 saturated heterocycles. The van der Waals surface area contributed by atoms with Gasteiger partial charge in [-0.15, -0.1) is 0 Å². The number of hydrogen-bond acceptors (Lipinski definition) is 3. The molecule has 0 aliphatic carbocycles. The average molecular weight is 335 g/mol. The van der Waals surface area contributed by atoms with Crippen molar-refractivity contribution in [2.75, 3.05) is 0 Å². The standard InChI is InChI=1S/C17H18FNO3S/c1-17(2)11-15(14-5-3-4-6-16(14)22-17)19-23(20,21)13-9-7-12(18)8-10-13/h3-10,15,19H,11H2,1-2H3. The number of fused-ring (bicyclic) bond motifs is 1. The van der Waals surface area contributed by atoms with Crippen LogP contribution in [0.3, 0.4) is 0 Å². The van der Waals surface area contributed by atoms with Gasteiger partial charge in [-0.1, -0.05) is 18.2 Å². The van der Waals surface area contributed by atoms with Gasteiger partial charge in [-0.05, 0) is 44.2 Å². The van der Waals surface area contributed by atoms with Crippen molar-refractivity contribution < 1.29 is 17.5 Å². The van der Waals surface area contributed by atoms with Crippen LogP contribution in [-0.2, 0) is 10.0 Å². The van der Waals surface area contributed by atoms with E-state index in [-0.39, 0.29) is 4.90 Å². The number of para-hydroxylation sites is 1. The summed E-state index contributed by atoms with van der Waals surface area (Å²) in [5.41, 5.74) is 0.321. The van der Waals surface area contributed by atoms with Crippen molar-refractivity contribution in [1.82, 2.24) is 4.72 Å². The second-order valence-corrected chi connectivity index (χ2v) is 7.95. The van der Waals surface area contributed by atoms with Crippen LogP contribution in [0, 0.1) is 5.82 Å². The maximum atomic E-state index is 13.0. The number of halogens is 1. The van der Waals surface area contributed by atoms with Crippen LogP contribution in [0.2, 0.25) is 0 Å². The molecule has 1 atom stereocenters. The Morgan fingerprint density at radius 2 is 1.78 bits per heavy atom. The van der Waals surface area contributed by atoms with E-state index in [4.69, 9.17) is 4.74 Å². The molecule has 1 aliphatic rings. The SMILES string of the molecule is CC1(C)CC(NS(=O)(=O)c2ccc(F)cc2)c2ccccc2O1. The fraction of sp³-hybridized carbons (Fsp3) is 0.294. The maximum Gasteiger partial charge on any atom is 0.241 e. The molecule has 122 valence electrons. The van der Waals surface area contributed by atoms with Gasteiger partial charge in [-0.25, -0.2) is 17.5 Å². The van der Waals surface area contributed by atoms with Crippen molar-refractivity contribution in [2.24, 2.45) is 0 Å². The molecule has 1 N–H and O–H groups in total. The van der Waals surface area contributed by atoms with Gasteiger partial charge in [0.2, 0.25) is 10.0 Å². The van der Waals surface area contributed by atoms with Crippen LogP contribution in [0.4, 0.5) is 4.39 Å². The Hall–Kier alpha value is -1.92. The third kappa shape index (κ3) is 3.38. The second kappa shape index (κ2) is 5.62. The van der Waals surface area contributed by atoms with E-state index in [1.54, 1.807) is 0 Å². The van der Waals surface area contributed by atoms with E-state index in [1.165, 1.54) is 12.1 Å². The van der Waals surface area contributed by atoms with Gasteiger partial charge in [0.25, 0.3) is 0 Å². The van der Waals surface area contributed by atoms with Crippen molar-refractivity contribution in [2.45, 2.75) is 36.8 Å². The fourth-order valence-electron chi connectivity index (χ4n) is 2.78. The maximum absolute atomic E-state index is 13.0. The van der Waals surface area contributed by atoms with E-state index >= 15 is 0 Å². The molecule has 23 heavy (non-hydrogen) atoms. The summed E-state index contributed by atoms with van der Waals surface area (Å²) in [7, 11) is -3.74. The predicted molar refractivity (Wildman–Crippen MR) is 85.2 cm³/mol. The number of ether oxygens (including phenoxy) is 1. The molecule has 0 aromatic heterocycles. The first kappa shape index (κ1) is 16.0. The summed E-state index contributed by atoms with van der Waals surface area (Å²) in [5.74, 6) is 0.206. The van der Waals surface area contributed by atoms with Gasteiger partial charge in [-0.3, -0.25) is 0 Å². The van der Waals surface area contributed by atoms with Crippen molar-refractivity contribution >= 4 is 10.0 Å². The minimum atomic E-state index is -3.74. The fourth-order valence-corrected chi connectivity index (χ4v) is 3.99. The van der Waals surface area contributed by atoms with E-state index < -0.39 is 27.5 Å². The first-order chi connectivity index (χ1) is 10.8. The highest BCUT2D eigenvalue weighted by Crippen LogP contribution is 2.39. The molecule has 6 heteroatoms. The monoisotopic (exact) mass is 335 g/mol. The molecule has 0 radical (unpaired) electrons. The summed E-state index contributed by atoms with van der Waals surface area (Å²) < 4.78 is 46.7. The molecule has 0 saturated carbocycles. The number of hydrogen-bond donors (Lipinski definition) is 1. The predicted octanol–water partition coefficient (Wildman–Crippen LogP) is 3.41. The van der Waals surface area contributed by atoms with Crippen molar-refractivity contribution in [1.29, 1.82) is 0 Å². The third-order valence-electron chi connectivity index (χ3n) is 3.80. The summed E-state index contributed by atoms with van der Waals surface area (Å²) in [5, 5.41) is 0. The lowest BCUT2D eigenvalue weighted by atomic mass is 9.90. The molecule has 0 amide bonds. The van der Waals surface area contributed by atoms with Crippen LogP contribution in [0.15, 0.2) is 53.4 Å². The van der Waals surface area contributed by atoms with Gasteiger partial charge in [-0.2, -0.15) is 0 Å². The number of benzene rings is 2. The van der Waals surface area contributed by atoms with Gasteiger partial charge in [0.05, 0.1) is 10.9 Å². The Kier molecular flexibility index (Phi) is 3.90. The smallest absolute Gasteiger partial charge is 0.241 e. The van der Waals surface area contributed by atoms with Gasteiger partial charge in [0.15, 0.2) is 0 Å². The second-order valence-electron chi connectivity index (χ2n) is 6.23. The van der Waals surface area contributed by atoms with Gasteiger partial charge >= 0.3 is 0 Å². The van der Waals surface area contributed by atoms with E-state index in [0.29, 0.717) is 12.2 Å². The Bertz CT molecular complexity index is 816. The molecule has 1 heterocycles. The first-order valence-corrected chi connectivity index (χ1v) is 8.81. The van der Waals surface area contributed by atoms with Crippen molar-refractivity contribution in [3.05, 3.63) is 59.9 Å². The number of nitrogens with one attached hydrogen (secondary N) is 1. The zero-order valence-electron chi connectivity index (χ0n) is 12.9. The normalized spacial score (nSPS) is 19.7. The molecular weight excluding hydrogens is 317 g/mol. The molecule has 0 fully saturated rings. The van der Waals surface area contributed by atoms with Crippen LogP contribution in [0.1, 0.15) is 31.9 Å². The lowest BCUT2D eigenvalue weighted by Crippen LogP contribution is -2.41. The molecule has 2 aromatic carbocycles. The van der Waals surface area contributed by atoms with Gasteiger partial charge in [0, 0.05) is 12.0 Å². The summed E-state index contributed by atoms with van der Waals surface area (Å²) in [6.07, 6.45) is 0.504. The Labute approximate surface area is 135 Å². The molecule has 4 nitrogen and oxygen atoms in total. The zero-order valence-corrected chi connectivity index (χ0v) is 13.7. The lowest BCUT2D eigenvalue weighted by Gasteiger charge is -2.37. The van der Waals surface area contributed by atoms with Crippen LogP contribution >= 0.6 is 0 Å². The highest BCUT2D eigenvalue weighted by atomic mass is 32.2. The number of sulfonamides is 1. The minimum Gasteiger partial charge on any atom is -0.487 e. The highest BCUT2D eigenvalue weighted by molar-refractivity contribution is 7.89. The Morgan fingerprint density at radius 1 is 1.13 bits per heavy atom. The Balaban J connectivity index is 1.94. The van der Waals surface area contributed by atoms with E-state index in [9.17, 15) is 12.8 Å². The minimum absolute atomic E-state index is 0.0423. The molecule has 0 spiro atoms. The van der Waals surface area contributed by atoms with Crippen LogP contribution in [0.5, 0.6) is 5.75 Å². The molecule has 3 rings (SSSR count). The Morgan fingerprint density at radius 3 is 2.48 bits per heavy atom. The van der Waals surface area contributed by atoms with E-state index in [0.717, 1.165) is 17.7 Å². The first-order valence-electron chi connectivity index (χ1n) is 7.33. The van der Waals surface area contributed by atoms with E-state index in [1.807, 2.05) is 38.1 Å². The largest absolute Gasteiger partial charge is 0.487 e. The molecular formula is C17H18FNO3S. The average Bonchev–Trinajstić information content (AvgIpc) is 2.46. The number of rotatable bonds is 3. The van der Waals surface area contributed by atoms with Crippen molar-refractivity contribution in [3.8, 4) is 5.75 Å². The summed E-state index contributed by atoms with van der Waals surface area (Å²) in [6.45, 7) is 3.84. The van der Waals surface area contributed by atoms with Gasteiger partial charge in [0.1, 0.15) is 17.2 Å². The topological polar surface area (TPSA) is 55.4 Å². The summed E-state index contributed by atoms with van der Waals surface area (Å²) in [4.78, 5) is 0.0423. The molecule has 1 unspecified atom stereocenters. The summed E-state index contributed by atoms with van der Waals surface area (Å²) in [6, 6.07) is 11.8. The van der Waals surface area contributed by atoms with Crippen molar-refractivity contribution in [3.63, 3.8) is 0 Å². The van der Waals surface area contributed by atoms with Crippen LogP contribution in [-0.4, -0.2) is 14.0 Å². The zero-order chi connectivity index (χ0) is 16.7. The quantitative estimate of drug-likeness (QED) is 0.935. The highest BCUT2D eigenvalue weighted by Gasteiger charge is 2.35. The van der Waals surface area contributed by atoms with Gasteiger partial charge < -0.3 is 4.74 Å².